The van der Waals surface area contributed by atoms with Crippen molar-refractivity contribution in [3.05, 3.63) is 19.7 Å². The Balaban J connectivity index is 2.58. The zero-order chi connectivity index (χ0) is 11.7. The number of thiophene rings is 2. The second-order valence-electron chi connectivity index (χ2n) is 2.89. The average molecular weight is 384 g/mol. The molecule has 0 saturated heterocycles. The van der Waals surface area contributed by atoms with Crippen LogP contribution >= 0.6 is 54.5 Å². The van der Waals surface area contributed by atoms with Crippen molar-refractivity contribution >= 4 is 54.5 Å². The normalized spacial score (nSPS) is 10.5. The van der Waals surface area contributed by atoms with Crippen LogP contribution in [0, 0.1) is 0 Å². The van der Waals surface area contributed by atoms with Crippen molar-refractivity contribution in [1.82, 2.24) is 0 Å². The van der Waals surface area contributed by atoms with E-state index in [4.69, 9.17) is 9.47 Å². The van der Waals surface area contributed by atoms with Gasteiger partial charge in [-0.2, -0.15) is 0 Å². The molecule has 0 aliphatic heterocycles. The maximum atomic E-state index is 5.38. The van der Waals surface area contributed by atoms with Crippen molar-refractivity contribution in [3.8, 4) is 21.3 Å². The molecule has 0 saturated carbocycles. The Morgan fingerprint density at radius 2 is 1.25 bits per heavy atom. The number of hydrogen-bond acceptors (Lipinski definition) is 4. The lowest BCUT2D eigenvalue weighted by molar-refractivity contribution is 0.410. The number of halogens is 2. The van der Waals surface area contributed by atoms with Crippen LogP contribution in [-0.2, 0) is 0 Å². The Morgan fingerprint density at radius 3 is 1.56 bits per heavy atom. The summed E-state index contributed by atoms with van der Waals surface area (Å²) in [6.45, 7) is 0. The minimum absolute atomic E-state index is 0.859. The monoisotopic (exact) mass is 382 g/mol. The first-order chi connectivity index (χ1) is 7.69. The van der Waals surface area contributed by atoms with E-state index in [1.165, 1.54) is 0 Å². The van der Waals surface area contributed by atoms with Gasteiger partial charge in [0.1, 0.15) is 0 Å². The first-order valence-corrected chi connectivity index (χ1v) is 7.66. The van der Waals surface area contributed by atoms with Gasteiger partial charge in [-0.25, -0.2) is 0 Å². The smallest absolute Gasteiger partial charge is 0.152 e. The van der Waals surface area contributed by atoms with E-state index in [0.717, 1.165) is 30.2 Å². The second-order valence-corrected chi connectivity index (χ2v) is 6.36. The fourth-order valence-corrected chi connectivity index (χ4v) is 4.83. The summed E-state index contributed by atoms with van der Waals surface area (Å²) >= 11 is 10.2. The van der Waals surface area contributed by atoms with Crippen molar-refractivity contribution in [1.29, 1.82) is 0 Å². The molecule has 0 amide bonds. The molecule has 2 aromatic rings. The molecule has 0 spiro atoms. The zero-order valence-corrected chi connectivity index (χ0v) is 13.3. The van der Waals surface area contributed by atoms with Gasteiger partial charge in [0, 0.05) is 10.8 Å². The lowest BCUT2D eigenvalue weighted by atomic mass is 10.3. The standard InChI is InChI=1S/C10H8Br2O2S2/c1-13-7-5(11)3-15-9(7)10-8(14-2)6(12)4-16-10/h3-4H,1-2H3. The van der Waals surface area contributed by atoms with E-state index in [2.05, 4.69) is 31.9 Å². The van der Waals surface area contributed by atoms with Gasteiger partial charge in [-0.05, 0) is 31.9 Å². The van der Waals surface area contributed by atoms with Gasteiger partial charge >= 0.3 is 0 Å². The van der Waals surface area contributed by atoms with Crippen LogP contribution < -0.4 is 9.47 Å². The maximum absolute atomic E-state index is 5.38. The van der Waals surface area contributed by atoms with Crippen molar-refractivity contribution in [2.75, 3.05) is 14.2 Å². The van der Waals surface area contributed by atoms with Gasteiger partial charge in [-0.3, -0.25) is 0 Å². The number of methoxy groups -OCH3 is 2. The van der Waals surface area contributed by atoms with E-state index in [1.807, 2.05) is 10.8 Å². The van der Waals surface area contributed by atoms with Gasteiger partial charge in [0.2, 0.25) is 0 Å². The molecule has 2 nitrogen and oxygen atoms in total. The van der Waals surface area contributed by atoms with E-state index in [-0.39, 0.29) is 0 Å². The van der Waals surface area contributed by atoms with Crippen molar-refractivity contribution in [3.63, 3.8) is 0 Å². The van der Waals surface area contributed by atoms with Gasteiger partial charge in [-0.1, -0.05) is 0 Å². The summed E-state index contributed by atoms with van der Waals surface area (Å²) in [6, 6.07) is 0. The molecule has 16 heavy (non-hydrogen) atoms. The van der Waals surface area contributed by atoms with Gasteiger partial charge in [0.25, 0.3) is 0 Å². The fourth-order valence-electron chi connectivity index (χ4n) is 1.35. The summed E-state index contributed by atoms with van der Waals surface area (Å²) in [5.41, 5.74) is 0. The molecule has 0 radical (unpaired) electrons. The number of rotatable bonds is 3. The molecule has 0 N–H and O–H groups in total. The van der Waals surface area contributed by atoms with Crippen LogP contribution in [0.5, 0.6) is 11.5 Å². The van der Waals surface area contributed by atoms with Crippen molar-refractivity contribution < 1.29 is 9.47 Å². The van der Waals surface area contributed by atoms with E-state index in [1.54, 1.807) is 36.9 Å². The largest absolute Gasteiger partial charge is 0.494 e. The van der Waals surface area contributed by atoms with Crippen molar-refractivity contribution in [2.24, 2.45) is 0 Å². The van der Waals surface area contributed by atoms with Crippen LogP contribution in [0.3, 0.4) is 0 Å². The third kappa shape index (κ3) is 2.03. The summed E-state index contributed by atoms with van der Waals surface area (Å²) in [5.74, 6) is 1.72. The van der Waals surface area contributed by atoms with Gasteiger partial charge in [-0.15, -0.1) is 22.7 Å². The highest BCUT2D eigenvalue weighted by Gasteiger charge is 2.19. The lowest BCUT2D eigenvalue weighted by Gasteiger charge is -2.04. The zero-order valence-electron chi connectivity index (χ0n) is 8.54. The average Bonchev–Trinajstić information content (AvgIpc) is 2.81. The Labute approximate surface area is 118 Å². The second kappa shape index (κ2) is 5.08. The predicted octanol–water partition coefficient (Wildman–Crippen LogP) is 5.02. The summed E-state index contributed by atoms with van der Waals surface area (Å²) in [6.07, 6.45) is 0. The third-order valence-corrected chi connectivity index (χ3v) is 5.89. The topological polar surface area (TPSA) is 18.5 Å². The van der Waals surface area contributed by atoms with Crippen molar-refractivity contribution in [2.45, 2.75) is 0 Å². The summed E-state index contributed by atoms with van der Waals surface area (Å²) < 4.78 is 12.7. The first kappa shape index (κ1) is 12.4. The fraction of sp³-hybridized carbons (Fsp3) is 0.200. The highest BCUT2D eigenvalue weighted by atomic mass is 79.9. The third-order valence-electron chi connectivity index (χ3n) is 2.02. The maximum Gasteiger partial charge on any atom is 0.152 e. The first-order valence-electron chi connectivity index (χ1n) is 4.31. The highest BCUT2D eigenvalue weighted by molar-refractivity contribution is 9.11. The number of hydrogen-bond donors (Lipinski definition) is 0. The van der Waals surface area contributed by atoms with Crippen LogP contribution in [0.15, 0.2) is 19.7 Å². The van der Waals surface area contributed by atoms with Crippen LogP contribution in [0.25, 0.3) is 9.75 Å². The van der Waals surface area contributed by atoms with E-state index >= 15 is 0 Å². The minimum Gasteiger partial charge on any atom is -0.494 e. The molecular weight excluding hydrogens is 376 g/mol. The lowest BCUT2D eigenvalue weighted by Crippen LogP contribution is -1.85. The van der Waals surface area contributed by atoms with Crippen LogP contribution in [-0.4, -0.2) is 14.2 Å². The molecule has 0 aliphatic rings. The number of ether oxygens (including phenoxy) is 2. The van der Waals surface area contributed by atoms with Crippen LogP contribution in [0.1, 0.15) is 0 Å². The Morgan fingerprint density at radius 1 is 0.875 bits per heavy atom. The highest BCUT2D eigenvalue weighted by Crippen LogP contribution is 2.50. The molecule has 0 fully saturated rings. The predicted molar refractivity (Wildman–Crippen MR) is 76.1 cm³/mol. The Bertz CT molecular complexity index is 459. The molecule has 2 aromatic heterocycles. The minimum atomic E-state index is 0.859. The van der Waals surface area contributed by atoms with Crippen LogP contribution in [0.4, 0.5) is 0 Å². The van der Waals surface area contributed by atoms with Gasteiger partial charge in [0.05, 0.1) is 32.9 Å². The molecule has 0 atom stereocenters. The molecule has 0 bridgehead atoms. The quantitative estimate of drug-likeness (QED) is 0.740. The molecule has 0 aromatic carbocycles. The Kier molecular flexibility index (Phi) is 3.94. The van der Waals surface area contributed by atoms with Gasteiger partial charge < -0.3 is 9.47 Å². The Hall–Kier alpha value is -0.0400. The van der Waals surface area contributed by atoms with Crippen LogP contribution in [0.2, 0.25) is 0 Å². The molecule has 0 unspecified atom stereocenters. The SMILES string of the molecule is COc1c(Br)csc1-c1scc(Br)c1OC. The molecule has 2 rings (SSSR count). The van der Waals surface area contributed by atoms with E-state index < -0.39 is 0 Å². The molecule has 6 heteroatoms. The van der Waals surface area contributed by atoms with Gasteiger partial charge in [0.15, 0.2) is 11.5 Å². The summed E-state index contributed by atoms with van der Waals surface area (Å²) in [5, 5.41) is 4.03. The van der Waals surface area contributed by atoms with E-state index in [0.29, 0.717) is 0 Å². The molecule has 0 aliphatic carbocycles. The van der Waals surface area contributed by atoms with E-state index in [9.17, 15) is 0 Å². The summed E-state index contributed by atoms with van der Waals surface area (Å²) in [4.78, 5) is 2.17. The molecular formula is C10H8Br2O2S2. The molecule has 2 heterocycles. The molecule has 86 valence electrons. The summed E-state index contributed by atoms with van der Waals surface area (Å²) in [7, 11) is 3.34.